The van der Waals surface area contributed by atoms with Gasteiger partial charge in [-0.05, 0) is 6.55 Å². The molecule has 0 aliphatic rings. The zero-order chi connectivity index (χ0) is 7.33. The molecule has 0 aromatic rings. The smallest absolute Gasteiger partial charge is 0.361 e. The molecule has 0 saturated carbocycles. The first-order chi connectivity index (χ1) is 4.18. The van der Waals surface area contributed by atoms with Crippen LogP contribution in [-0.4, -0.2) is 36.1 Å². The fourth-order valence-electron chi connectivity index (χ4n) is 0.463. The van der Waals surface area contributed by atoms with Gasteiger partial charge in [-0.15, -0.1) is 0 Å². The van der Waals surface area contributed by atoms with E-state index in [1.165, 1.54) is 0 Å². The van der Waals surface area contributed by atoms with E-state index in [0.717, 1.165) is 0 Å². The predicted molar refractivity (Wildman–Crippen MR) is 37.5 cm³/mol. The van der Waals surface area contributed by atoms with Crippen molar-refractivity contribution in [2.75, 3.05) is 27.6 Å². The lowest BCUT2D eigenvalue weighted by molar-refractivity contribution is 0.168. The lowest BCUT2D eigenvalue weighted by Crippen LogP contribution is -2.41. The van der Waals surface area contributed by atoms with Crippen molar-refractivity contribution in [3.63, 3.8) is 0 Å². The summed E-state index contributed by atoms with van der Waals surface area (Å²) in [5.74, 6) is 0. The molecule has 0 saturated heterocycles. The first-order valence-electron chi connectivity index (χ1n) is 2.78. The van der Waals surface area contributed by atoms with E-state index in [9.17, 15) is 0 Å². The summed E-state index contributed by atoms with van der Waals surface area (Å²) in [7, 11) is 3.02. The van der Waals surface area contributed by atoms with Crippen LogP contribution in [0.3, 0.4) is 0 Å². The summed E-state index contributed by atoms with van der Waals surface area (Å²) in [4.78, 5) is 0. The van der Waals surface area contributed by atoms with Gasteiger partial charge in [-0.2, -0.15) is 0 Å². The Balaban J connectivity index is 3.62. The van der Waals surface area contributed by atoms with E-state index in [-0.39, 0.29) is 0 Å². The second kappa shape index (κ2) is 4.00. The quantitative estimate of drug-likeness (QED) is 0.547. The Kier molecular flexibility index (Phi) is 4.04. The summed E-state index contributed by atoms with van der Waals surface area (Å²) >= 11 is 0. The van der Waals surface area contributed by atoms with Crippen LogP contribution in [0.25, 0.3) is 0 Å². The summed E-state index contributed by atoms with van der Waals surface area (Å²) < 4.78 is 15.1. The molecule has 0 rings (SSSR count). The highest BCUT2D eigenvalue weighted by molar-refractivity contribution is 6.65. The van der Waals surface area contributed by atoms with Gasteiger partial charge in [0.25, 0.3) is 0 Å². The summed E-state index contributed by atoms with van der Waals surface area (Å²) in [5, 5.41) is 0. The van der Waals surface area contributed by atoms with E-state index in [1.807, 2.05) is 6.55 Å². The van der Waals surface area contributed by atoms with Crippen LogP contribution in [0.5, 0.6) is 0 Å². The molecular formula is C5H14O3Si. The molecule has 0 heterocycles. The third kappa shape index (κ3) is 2.95. The largest absolute Gasteiger partial charge is 0.396 e. The topological polar surface area (TPSA) is 27.7 Å². The Morgan fingerprint density at radius 3 is 1.67 bits per heavy atom. The van der Waals surface area contributed by atoms with E-state index >= 15 is 0 Å². The minimum Gasteiger partial charge on any atom is -0.396 e. The highest BCUT2D eigenvalue weighted by atomic mass is 28.4. The molecule has 0 fully saturated rings. The van der Waals surface area contributed by atoms with E-state index in [0.29, 0.717) is 6.23 Å². The normalized spacial score (nSPS) is 12.0. The van der Waals surface area contributed by atoms with Gasteiger partial charge < -0.3 is 13.6 Å². The van der Waals surface area contributed by atoms with Crippen molar-refractivity contribution in [1.29, 1.82) is 0 Å². The number of hydrogen-bond donors (Lipinski definition) is 0. The lowest BCUT2D eigenvalue weighted by Gasteiger charge is -2.20. The van der Waals surface area contributed by atoms with Gasteiger partial charge in [0.05, 0.1) is 6.23 Å². The Morgan fingerprint density at radius 1 is 1.11 bits per heavy atom. The average molecular weight is 150 g/mol. The van der Waals surface area contributed by atoms with Crippen molar-refractivity contribution >= 4 is 8.56 Å². The highest BCUT2D eigenvalue weighted by Crippen LogP contribution is 2.02. The molecule has 9 heavy (non-hydrogen) atoms. The molecule has 56 valence electrons. The summed E-state index contributed by atoms with van der Waals surface area (Å²) in [6.45, 7) is 1.95. The molecular weight excluding hydrogens is 136 g/mol. The van der Waals surface area contributed by atoms with Crippen LogP contribution in [0.15, 0.2) is 0 Å². The van der Waals surface area contributed by atoms with Gasteiger partial charge in [0.2, 0.25) is 0 Å². The number of hydrogen-bond acceptors (Lipinski definition) is 3. The maximum absolute atomic E-state index is 5.12. The van der Waals surface area contributed by atoms with Crippen molar-refractivity contribution in [2.24, 2.45) is 0 Å². The van der Waals surface area contributed by atoms with Crippen LogP contribution in [0, 0.1) is 0 Å². The van der Waals surface area contributed by atoms with E-state index in [1.54, 1.807) is 21.3 Å². The minimum atomic E-state index is -1.92. The molecule has 0 aliphatic heterocycles. The predicted octanol–water partition coefficient (Wildman–Crippen LogP) is 0.537. The molecule has 0 bridgehead atoms. The zero-order valence-corrected chi connectivity index (χ0v) is 7.43. The van der Waals surface area contributed by atoms with Crippen LogP contribution in [-0.2, 0) is 13.6 Å². The van der Waals surface area contributed by atoms with E-state index < -0.39 is 8.56 Å². The zero-order valence-electron chi connectivity index (χ0n) is 6.43. The van der Waals surface area contributed by atoms with Gasteiger partial charge in [0.15, 0.2) is 0 Å². The van der Waals surface area contributed by atoms with E-state index in [4.69, 9.17) is 13.6 Å². The summed E-state index contributed by atoms with van der Waals surface area (Å²) in [6.07, 6.45) is 0.583. The molecule has 0 aromatic carbocycles. The fraction of sp³-hybridized carbons (Fsp3) is 1.00. The lowest BCUT2D eigenvalue weighted by atomic mass is 11.5. The Hall–Kier alpha value is 0.0969. The van der Waals surface area contributed by atoms with Gasteiger partial charge in [-0.1, -0.05) is 0 Å². The third-order valence-corrected chi connectivity index (χ3v) is 3.81. The first kappa shape index (κ1) is 9.10. The monoisotopic (exact) mass is 150 g/mol. The van der Waals surface area contributed by atoms with Gasteiger partial charge >= 0.3 is 8.56 Å². The molecule has 0 amide bonds. The fourth-order valence-corrected chi connectivity index (χ4v) is 1.39. The van der Waals surface area contributed by atoms with Crippen LogP contribution in [0.1, 0.15) is 0 Å². The van der Waals surface area contributed by atoms with Crippen LogP contribution in [0.4, 0.5) is 0 Å². The maximum Gasteiger partial charge on any atom is 0.361 e. The summed E-state index contributed by atoms with van der Waals surface area (Å²) in [5.41, 5.74) is 0. The molecule has 0 unspecified atom stereocenters. The Morgan fingerprint density at radius 2 is 1.56 bits per heavy atom. The van der Waals surface area contributed by atoms with Gasteiger partial charge in [-0.25, -0.2) is 0 Å². The highest BCUT2D eigenvalue weighted by Gasteiger charge is 2.28. The van der Waals surface area contributed by atoms with Gasteiger partial charge in [0, 0.05) is 21.3 Å². The molecule has 0 atom stereocenters. The van der Waals surface area contributed by atoms with Gasteiger partial charge in [-0.3, -0.25) is 0 Å². The summed E-state index contributed by atoms with van der Waals surface area (Å²) in [6, 6.07) is 0. The first-order valence-corrected chi connectivity index (χ1v) is 5.30. The van der Waals surface area contributed by atoms with Crippen molar-refractivity contribution < 1.29 is 13.6 Å². The van der Waals surface area contributed by atoms with Crippen LogP contribution in [0.2, 0.25) is 6.55 Å². The Labute approximate surface area is 57.2 Å². The molecule has 0 aliphatic carbocycles. The van der Waals surface area contributed by atoms with Crippen LogP contribution >= 0.6 is 0 Å². The maximum atomic E-state index is 5.12. The van der Waals surface area contributed by atoms with Crippen molar-refractivity contribution in [3.05, 3.63) is 0 Å². The van der Waals surface area contributed by atoms with Crippen molar-refractivity contribution in [1.82, 2.24) is 0 Å². The Bertz CT molecular complexity index is 72.6. The molecule has 0 N–H and O–H groups in total. The second-order valence-electron chi connectivity index (χ2n) is 1.98. The number of rotatable bonds is 4. The van der Waals surface area contributed by atoms with Crippen molar-refractivity contribution in [3.8, 4) is 0 Å². The van der Waals surface area contributed by atoms with Gasteiger partial charge in [0.1, 0.15) is 0 Å². The van der Waals surface area contributed by atoms with Crippen LogP contribution < -0.4 is 0 Å². The standard InChI is InChI=1S/C5H14O3Si/c1-6-5-9(4,7-2)8-3/h5H2,1-4H3. The molecule has 0 radical (unpaired) electrons. The molecule has 0 aromatic heterocycles. The van der Waals surface area contributed by atoms with Crippen molar-refractivity contribution in [2.45, 2.75) is 6.55 Å². The second-order valence-corrected chi connectivity index (χ2v) is 5.35. The SMILES string of the molecule is COC[Si](C)(OC)OC. The molecule has 4 heteroatoms. The minimum absolute atomic E-state index is 0.583. The molecule has 0 spiro atoms. The number of methoxy groups -OCH3 is 1. The molecule has 3 nitrogen and oxygen atoms in total. The number of ether oxygens (including phenoxy) is 1. The van der Waals surface area contributed by atoms with E-state index in [2.05, 4.69) is 0 Å². The third-order valence-electron chi connectivity index (χ3n) is 1.27. The average Bonchev–Trinajstić information content (AvgIpc) is 1.89.